The van der Waals surface area contributed by atoms with E-state index in [-0.39, 0.29) is 17.7 Å². The summed E-state index contributed by atoms with van der Waals surface area (Å²) in [6, 6.07) is 9.57. The summed E-state index contributed by atoms with van der Waals surface area (Å²) in [5.74, 6) is 0.822. The molecule has 4 rings (SSSR count). The van der Waals surface area contributed by atoms with Crippen LogP contribution in [0.4, 0.5) is 5.69 Å². The van der Waals surface area contributed by atoms with Gasteiger partial charge in [-0.1, -0.05) is 12.1 Å². The van der Waals surface area contributed by atoms with E-state index in [2.05, 4.69) is 10.3 Å². The van der Waals surface area contributed by atoms with Gasteiger partial charge in [0, 0.05) is 37.5 Å². The number of nitrogens with one attached hydrogen (secondary N) is 1. The smallest absolute Gasteiger partial charge is 0.224 e. The SMILES string of the molecule is CS(=O)(=O)N1CC[C@H]2CC(=O)Nc3cc(-c4cccnc4)ccc3OCC[C@H]2C1. The van der Waals surface area contributed by atoms with Gasteiger partial charge in [-0.2, -0.15) is 0 Å². The number of hydrogen-bond donors (Lipinski definition) is 1. The second-order valence-electron chi connectivity index (χ2n) is 7.77. The molecule has 2 aliphatic heterocycles. The highest BCUT2D eigenvalue weighted by atomic mass is 32.2. The molecule has 1 N–H and O–H groups in total. The van der Waals surface area contributed by atoms with Crippen LogP contribution < -0.4 is 10.1 Å². The summed E-state index contributed by atoms with van der Waals surface area (Å²) in [7, 11) is -3.22. The number of nitrogens with zero attached hydrogens (tertiary/aromatic N) is 2. The number of amides is 1. The van der Waals surface area contributed by atoms with E-state index in [1.54, 1.807) is 12.4 Å². The third-order valence-corrected chi connectivity index (χ3v) is 7.04. The molecule has 2 atom stereocenters. The number of carbonyl (C=O) groups excluding carboxylic acids is 1. The van der Waals surface area contributed by atoms with Crippen molar-refractivity contribution < 1.29 is 17.9 Å². The van der Waals surface area contributed by atoms with Gasteiger partial charge in [-0.25, -0.2) is 12.7 Å². The number of benzene rings is 1. The molecule has 1 fully saturated rings. The zero-order chi connectivity index (χ0) is 20.4. The first-order valence-electron chi connectivity index (χ1n) is 9.82. The summed E-state index contributed by atoms with van der Waals surface area (Å²) in [4.78, 5) is 16.9. The fourth-order valence-corrected chi connectivity index (χ4v) is 5.07. The van der Waals surface area contributed by atoms with Crippen LogP contribution in [0.3, 0.4) is 0 Å². The number of rotatable bonds is 2. The molecule has 8 heteroatoms. The number of fused-ring (bicyclic) bond motifs is 2. The molecule has 7 nitrogen and oxygen atoms in total. The topological polar surface area (TPSA) is 88.6 Å². The van der Waals surface area contributed by atoms with Crippen LogP contribution in [-0.4, -0.2) is 49.6 Å². The van der Waals surface area contributed by atoms with Gasteiger partial charge in [0.1, 0.15) is 5.75 Å². The maximum Gasteiger partial charge on any atom is 0.224 e. The lowest BCUT2D eigenvalue weighted by Crippen LogP contribution is -2.44. The molecular weight excluding hydrogens is 390 g/mol. The van der Waals surface area contributed by atoms with Crippen LogP contribution in [0.15, 0.2) is 42.7 Å². The maximum atomic E-state index is 12.7. The Kier molecular flexibility index (Phi) is 5.56. The van der Waals surface area contributed by atoms with Crippen molar-refractivity contribution in [2.24, 2.45) is 11.8 Å². The lowest BCUT2D eigenvalue weighted by atomic mass is 9.82. The van der Waals surface area contributed by atoms with Crippen LogP contribution in [0.2, 0.25) is 0 Å². The molecule has 0 bridgehead atoms. The van der Waals surface area contributed by atoms with E-state index in [9.17, 15) is 13.2 Å². The van der Waals surface area contributed by atoms with E-state index < -0.39 is 10.0 Å². The first-order chi connectivity index (χ1) is 13.9. The fourth-order valence-electron chi connectivity index (χ4n) is 4.17. The monoisotopic (exact) mass is 415 g/mol. The van der Waals surface area contributed by atoms with Crippen molar-refractivity contribution in [3.05, 3.63) is 42.7 Å². The first-order valence-corrected chi connectivity index (χ1v) is 11.7. The largest absolute Gasteiger partial charge is 0.491 e. The van der Waals surface area contributed by atoms with Crippen molar-refractivity contribution >= 4 is 21.6 Å². The number of sulfonamides is 1. The molecule has 3 heterocycles. The number of hydrogen-bond acceptors (Lipinski definition) is 5. The summed E-state index contributed by atoms with van der Waals surface area (Å²) in [5, 5.41) is 3.00. The summed E-state index contributed by atoms with van der Waals surface area (Å²) < 4.78 is 31.3. The molecular formula is C21H25N3O4S. The predicted octanol–water partition coefficient (Wildman–Crippen LogP) is 2.76. The highest BCUT2D eigenvalue weighted by molar-refractivity contribution is 7.88. The summed E-state index contributed by atoms with van der Waals surface area (Å²) in [6.07, 6.45) is 6.54. The van der Waals surface area contributed by atoms with Crippen molar-refractivity contribution in [1.82, 2.24) is 9.29 Å². The molecule has 1 amide bonds. The van der Waals surface area contributed by atoms with Crippen LogP contribution in [0.5, 0.6) is 5.75 Å². The number of ether oxygens (including phenoxy) is 1. The second kappa shape index (κ2) is 8.12. The van der Waals surface area contributed by atoms with Crippen molar-refractivity contribution in [3.8, 4) is 16.9 Å². The van der Waals surface area contributed by atoms with Gasteiger partial charge in [0.05, 0.1) is 18.6 Å². The van der Waals surface area contributed by atoms with Crippen LogP contribution in [-0.2, 0) is 14.8 Å². The first kappa shape index (κ1) is 19.8. The Morgan fingerprint density at radius 3 is 2.79 bits per heavy atom. The molecule has 0 saturated carbocycles. The molecule has 0 radical (unpaired) electrons. The Bertz CT molecular complexity index is 994. The maximum absolute atomic E-state index is 12.7. The van der Waals surface area contributed by atoms with Crippen LogP contribution in [0, 0.1) is 11.8 Å². The van der Waals surface area contributed by atoms with E-state index >= 15 is 0 Å². The minimum absolute atomic E-state index is 0.0668. The van der Waals surface area contributed by atoms with Crippen LogP contribution in [0.25, 0.3) is 11.1 Å². The van der Waals surface area contributed by atoms with E-state index in [4.69, 9.17) is 4.74 Å². The normalized spacial score (nSPS) is 23.3. The van der Waals surface area contributed by atoms with Crippen LogP contribution in [0.1, 0.15) is 19.3 Å². The molecule has 2 aliphatic rings. The van der Waals surface area contributed by atoms with Gasteiger partial charge in [0.2, 0.25) is 15.9 Å². The molecule has 154 valence electrons. The van der Waals surface area contributed by atoms with Gasteiger partial charge in [-0.15, -0.1) is 0 Å². The van der Waals surface area contributed by atoms with Gasteiger partial charge >= 0.3 is 0 Å². The minimum atomic E-state index is -3.22. The minimum Gasteiger partial charge on any atom is -0.491 e. The number of carbonyl (C=O) groups is 1. The average Bonchev–Trinajstić information content (AvgIpc) is 2.70. The standard InChI is InChI=1S/C21H25N3O4S/c1-29(26,27)24-9-6-16-12-21(25)23-19-11-15(17-3-2-8-22-13-17)4-5-20(19)28-10-7-18(16)14-24/h2-5,8,11,13,16,18H,6-7,9-10,12,14H2,1H3,(H,23,25)/t16-,18-/m0/s1. The highest BCUT2D eigenvalue weighted by Crippen LogP contribution is 2.35. The molecule has 1 aromatic carbocycles. The van der Waals surface area contributed by atoms with Gasteiger partial charge in [-0.3, -0.25) is 9.78 Å². The molecule has 0 unspecified atom stereocenters. The lowest BCUT2D eigenvalue weighted by Gasteiger charge is -2.37. The molecule has 2 aromatic rings. The zero-order valence-corrected chi connectivity index (χ0v) is 17.2. The van der Waals surface area contributed by atoms with Gasteiger partial charge in [-0.05, 0) is 48.4 Å². The van der Waals surface area contributed by atoms with E-state index in [1.165, 1.54) is 10.6 Å². The van der Waals surface area contributed by atoms with Crippen molar-refractivity contribution in [3.63, 3.8) is 0 Å². The molecule has 1 saturated heterocycles. The number of pyridine rings is 1. The number of piperidine rings is 1. The van der Waals surface area contributed by atoms with Gasteiger partial charge in [0.15, 0.2) is 0 Å². The van der Waals surface area contributed by atoms with E-state index in [1.807, 2.05) is 30.3 Å². The molecule has 29 heavy (non-hydrogen) atoms. The zero-order valence-electron chi connectivity index (χ0n) is 16.4. The molecule has 1 aromatic heterocycles. The van der Waals surface area contributed by atoms with Gasteiger partial charge in [0.25, 0.3) is 0 Å². The number of anilines is 1. The third-order valence-electron chi connectivity index (χ3n) is 5.77. The summed E-state index contributed by atoms with van der Waals surface area (Å²) in [6.45, 7) is 1.40. The lowest BCUT2D eigenvalue weighted by molar-refractivity contribution is -0.117. The molecule has 0 aliphatic carbocycles. The van der Waals surface area contributed by atoms with Crippen molar-refractivity contribution in [2.45, 2.75) is 19.3 Å². The quantitative estimate of drug-likeness (QED) is 0.815. The third kappa shape index (κ3) is 4.59. The van der Waals surface area contributed by atoms with Crippen molar-refractivity contribution in [1.29, 1.82) is 0 Å². The Labute approximate surface area is 171 Å². The number of aromatic nitrogens is 1. The average molecular weight is 416 g/mol. The predicted molar refractivity (Wildman–Crippen MR) is 111 cm³/mol. The Balaban J connectivity index is 1.56. The fraction of sp³-hybridized carbons (Fsp3) is 0.429. The second-order valence-corrected chi connectivity index (χ2v) is 9.75. The van der Waals surface area contributed by atoms with Crippen LogP contribution >= 0.6 is 0 Å². The Hall–Kier alpha value is -2.45. The van der Waals surface area contributed by atoms with E-state index in [0.717, 1.165) is 11.1 Å². The van der Waals surface area contributed by atoms with E-state index in [0.29, 0.717) is 50.4 Å². The summed E-state index contributed by atoms with van der Waals surface area (Å²) in [5.41, 5.74) is 2.58. The van der Waals surface area contributed by atoms with Crippen molar-refractivity contribution in [2.75, 3.05) is 31.3 Å². The molecule has 0 spiro atoms. The Morgan fingerprint density at radius 1 is 1.17 bits per heavy atom. The Morgan fingerprint density at radius 2 is 2.03 bits per heavy atom. The van der Waals surface area contributed by atoms with Gasteiger partial charge < -0.3 is 10.1 Å². The summed E-state index contributed by atoms with van der Waals surface area (Å²) >= 11 is 0. The highest BCUT2D eigenvalue weighted by Gasteiger charge is 2.34.